The number of rotatable bonds is 5. The van der Waals surface area contributed by atoms with E-state index in [4.69, 9.17) is 18.6 Å². The van der Waals surface area contributed by atoms with Crippen LogP contribution in [0.3, 0.4) is 0 Å². The Labute approximate surface area is 165 Å². The zero-order valence-corrected chi connectivity index (χ0v) is 15.4. The molecule has 3 aromatic rings. The minimum Gasteiger partial charge on any atom is -0.490 e. The van der Waals surface area contributed by atoms with Crippen LogP contribution in [-0.2, 0) is 4.74 Å². The van der Waals surface area contributed by atoms with E-state index in [9.17, 15) is 14.0 Å². The van der Waals surface area contributed by atoms with E-state index in [-0.39, 0.29) is 17.1 Å². The molecule has 29 heavy (non-hydrogen) atoms. The fourth-order valence-electron chi connectivity index (χ4n) is 2.88. The van der Waals surface area contributed by atoms with Crippen LogP contribution in [0, 0.1) is 5.82 Å². The molecule has 2 heterocycles. The second-order valence-electron chi connectivity index (χ2n) is 6.36. The number of ether oxygens (including phenoxy) is 3. The van der Waals surface area contributed by atoms with Crippen LogP contribution >= 0.6 is 0 Å². The second-order valence-corrected chi connectivity index (χ2v) is 6.36. The fourth-order valence-corrected chi connectivity index (χ4v) is 2.88. The van der Waals surface area contributed by atoms with Crippen molar-refractivity contribution in [3.8, 4) is 22.8 Å². The van der Waals surface area contributed by atoms with Gasteiger partial charge in [-0.15, -0.1) is 0 Å². The predicted octanol–water partition coefficient (Wildman–Crippen LogP) is 4.29. The minimum absolute atomic E-state index is 0.116. The molecule has 1 aliphatic rings. The molecule has 4 rings (SSSR count). The topological polar surface area (TPSA) is 75.0 Å². The number of furan rings is 1. The van der Waals surface area contributed by atoms with Gasteiger partial charge in [-0.2, -0.15) is 0 Å². The average Bonchev–Trinajstić information content (AvgIpc) is 3.10. The van der Waals surface area contributed by atoms with Crippen LogP contribution in [0.15, 0.2) is 59.0 Å². The van der Waals surface area contributed by atoms with Crippen molar-refractivity contribution in [1.82, 2.24) is 0 Å². The molecule has 1 aliphatic heterocycles. The van der Waals surface area contributed by atoms with Gasteiger partial charge in [0.05, 0.1) is 18.8 Å². The highest BCUT2D eigenvalue weighted by Crippen LogP contribution is 2.30. The molecular formula is C22H17FO6. The number of fused-ring (bicyclic) bond motifs is 1. The van der Waals surface area contributed by atoms with Crippen LogP contribution in [0.5, 0.6) is 11.5 Å². The van der Waals surface area contributed by atoms with Crippen LogP contribution in [-0.4, -0.2) is 31.6 Å². The Kier molecular flexibility index (Phi) is 5.29. The molecule has 2 aromatic carbocycles. The molecule has 0 saturated heterocycles. The van der Waals surface area contributed by atoms with Crippen LogP contribution in [0.2, 0.25) is 0 Å². The molecule has 0 fully saturated rings. The molecule has 0 atom stereocenters. The van der Waals surface area contributed by atoms with Gasteiger partial charge < -0.3 is 18.6 Å². The lowest BCUT2D eigenvalue weighted by Gasteiger charge is -2.09. The highest BCUT2D eigenvalue weighted by Gasteiger charge is 2.19. The molecule has 1 aromatic heterocycles. The Bertz CT molecular complexity index is 1050. The van der Waals surface area contributed by atoms with E-state index in [0.717, 1.165) is 6.42 Å². The second kappa shape index (κ2) is 8.18. The lowest BCUT2D eigenvalue weighted by Crippen LogP contribution is -2.14. The van der Waals surface area contributed by atoms with Crippen molar-refractivity contribution in [3.05, 3.63) is 71.7 Å². The molecule has 0 unspecified atom stereocenters. The Hall–Kier alpha value is -3.61. The maximum atomic E-state index is 13.8. The van der Waals surface area contributed by atoms with Crippen LogP contribution < -0.4 is 9.47 Å². The van der Waals surface area contributed by atoms with E-state index in [1.807, 2.05) is 0 Å². The van der Waals surface area contributed by atoms with Gasteiger partial charge in [-0.05, 0) is 42.5 Å². The third-order valence-corrected chi connectivity index (χ3v) is 4.35. The van der Waals surface area contributed by atoms with E-state index in [1.165, 1.54) is 24.3 Å². The van der Waals surface area contributed by atoms with E-state index < -0.39 is 24.2 Å². The van der Waals surface area contributed by atoms with Gasteiger partial charge in [0.25, 0.3) is 0 Å². The van der Waals surface area contributed by atoms with Crippen LogP contribution in [0.4, 0.5) is 4.39 Å². The first-order valence-corrected chi connectivity index (χ1v) is 9.06. The Morgan fingerprint density at radius 3 is 2.59 bits per heavy atom. The van der Waals surface area contributed by atoms with Crippen molar-refractivity contribution in [1.29, 1.82) is 0 Å². The molecule has 0 aliphatic carbocycles. The summed E-state index contributed by atoms with van der Waals surface area (Å²) < 4.78 is 35.3. The number of halogens is 1. The van der Waals surface area contributed by atoms with Gasteiger partial charge in [0.1, 0.15) is 11.6 Å². The number of carbonyl (C=O) groups excluding carboxylic acids is 2. The zero-order valence-electron chi connectivity index (χ0n) is 15.4. The normalized spacial score (nSPS) is 12.9. The quantitative estimate of drug-likeness (QED) is 0.473. The van der Waals surface area contributed by atoms with Crippen molar-refractivity contribution < 1.29 is 32.6 Å². The minimum atomic E-state index is -0.810. The number of esters is 1. The van der Waals surface area contributed by atoms with Crippen molar-refractivity contribution in [2.45, 2.75) is 6.42 Å². The fraction of sp³-hybridized carbons (Fsp3) is 0.182. The average molecular weight is 396 g/mol. The first-order valence-electron chi connectivity index (χ1n) is 9.06. The number of ketones is 1. The molecule has 0 bridgehead atoms. The maximum Gasteiger partial charge on any atom is 0.374 e. The molecule has 6 nitrogen and oxygen atoms in total. The van der Waals surface area contributed by atoms with E-state index >= 15 is 0 Å². The Morgan fingerprint density at radius 1 is 0.966 bits per heavy atom. The molecule has 0 amide bonds. The first-order chi connectivity index (χ1) is 14.1. The van der Waals surface area contributed by atoms with Crippen molar-refractivity contribution in [2.75, 3.05) is 19.8 Å². The summed E-state index contributed by atoms with van der Waals surface area (Å²) >= 11 is 0. The molecule has 0 saturated carbocycles. The predicted molar refractivity (Wildman–Crippen MR) is 101 cm³/mol. The van der Waals surface area contributed by atoms with Gasteiger partial charge in [0.15, 0.2) is 23.9 Å². The van der Waals surface area contributed by atoms with Crippen molar-refractivity contribution in [3.63, 3.8) is 0 Å². The Morgan fingerprint density at radius 2 is 1.76 bits per heavy atom. The number of benzene rings is 2. The summed E-state index contributed by atoms with van der Waals surface area (Å²) in [6, 6.07) is 13.7. The van der Waals surface area contributed by atoms with Crippen LogP contribution in [0.25, 0.3) is 11.3 Å². The molecule has 0 N–H and O–H groups in total. The first kappa shape index (κ1) is 18.7. The summed E-state index contributed by atoms with van der Waals surface area (Å²) in [6.45, 7) is 0.590. The largest absolute Gasteiger partial charge is 0.490 e. The molecule has 7 heteroatoms. The number of hydrogen-bond acceptors (Lipinski definition) is 6. The van der Waals surface area contributed by atoms with Crippen molar-refractivity contribution >= 4 is 11.8 Å². The van der Waals surface area contributed by atoms with E-state index in [2.05, 4.69) is 0 Å². The third-order valence-electron chi connectivity index (χ3n) is 4.35. The molecule has 0 radical (unpaired) electrons. The molecular weight excluding hydrogens is 379 g/mol. The smallest absolute Gasteiger partial charge is 0.374 e. The SMILES string of the molecule is O=C(COC(=O)c1ccc(-c2ccccc2F)o1)c1ccc2c(c1)OCCCO2. The zero-order chi connectivity index (χ0) is 20.2. The van der Waals surface area contributed by atoms with Gasteiger partial charge >= 0.3 is 5.97 Å². The van der Waals surface area contributed by atoms with Gasteiger partial charge in [0, 0.05) is 12.0 Å². The standard InChI is InChI=1S/C22H17FO6/c23-16-5-2-1-4-15(16)18-8-9-20(29-18)22(25)28-13-17(24)14-6-7-19-21(12-14)27-11-3-10-26-19/h1-2,4-9,12H,3,10-11,13H2. The maximum absolute atomic E-state index is 13.8. The number of carbonyl (C=O) groups is 2. The van der Waals surface area contributed by atoms with E-state index in [1.54, 1.807) is 30.3 Å². The number of hydrogen-bond donors (Lipinski definition) is 0. The summed E-state index contributed by atoms with van der Waals surface area (Å²) in [6.07, 6.45) is 0.758. The van der Waals surface area contributed by atoms with Gasteiger partial charge in [-0.3, -0.25) is 4.79 Å². The number of Topliss-reactive ketones (excluding diaryl/α,β-unsaturated/α-hetero) is 1. The van der Waals surface area contributed by atoms with E-state index in [0.29, 0.717) is 30.3 Å². The van der Waals surface area contributed by atoms with Crippen molar-refractivity contribution in [2.24, 2.45) is 0 Å². The Balaban J connectivity index is 1.40. The highest BCUT2D eigenvalue weighted by atomic mass is 19.1. The monoisotopic (exact) mass is 396 g/mol. The lowest BCUT2D eigenvalue weighted by molar-refractivity contribution is 0.0445. The summed E-state index contributed by atoms with van der Waals surface area (Å²) in [5.41, 5.74) is 0.573. The summed E-state index contributed by atoms with van der Waals surface area (Å²) in [7, 11) is 0. The highest BCUT2D eigenvalue weighted by molar-refractivity contribution is 5.99. The summed E-state index contributed by atoms with van der Waals surface area (Å²) in [4.78, 5) is 24.6. The third kappa shape index (κ3) is 4.13. The molecule has 0 spiro atoms. The van der Waals surface area contributed by atoms with Gasteiger partial charge in [-0.1, -0.05) is 12.1 Å². The van der Waals surface area contributed by atoms with Crippen LogP contribution in [0.1, 0.15) is 27.3 Å². The summed E-state index contributed by atoms with van der Waals surface area (Å²) in [5.74, 6) is -0.525. The van der Waals surface area contributed by atoms with Gasteiger partial charge in [-0.25, -0.2) is 9.18 Å². The summed E-state index contributed by atoms with van der Waals surface area (Å²) in [5, 5.41) is 0. The lowest BCUT2D eigenvalue weighted by atomic mass is 10.1. The molecule has 148 valence electrons. The van der Waals surface area contributed by atoms with Gasteiger partial charge in [0.2, 0.25) is 5.76 Å².